The largest absolute Gasteiger partial charge is 0.457 e. The van der Waals surface area contributed by atoms with Gasteiger partial charge in [-0.1, -0.05) is 44.2 Å². The maximum absolute atomic E-state index is 12.7. The molecule has 0 saturated heterocycles. The molecule has 1 atom stereocenters. The van der Waals surface area contributed by atoms with Crippen molar-refractivity contribution in [2.24, 2.45) is 13.0 Å². The molecule has 0 spiro atoms. The molecule has 0 bridgehead atoms. The van der Waals surface area contributed by atoms with Crippen LogP contribution in [-0.2, 0) is 27.9 Å². The van der Waals surface area contributed by atoms with E-state index in [1.807, 2.05) is 13.8 Å². The number of aromatic nitrogens is 2. The molecule has 0 aliphatic rings. The SMILES string of the molecule is CC(=O)N[C@H](CC(=O)OCC(=O)c1c(N)n(CC(C)C)c(=O)n(C)c1=O)c1ccccc1. The normalized spacial score (nSPS) is 11.8. The van der Waals surface area contributed by atoms with Gasteiger partial charge in [-0.05, 0) is 11.5 Å². The van der Waals surface area contributed by atoms with Gasteiger partial charge in [-0.15, -0.1) is 0 Å². The molecule has 2 rings (SSSR count). The molecule has 10 heteroatoms. The number of anilines is 1. The molecule has 3 N–H and O–H groups in total. The van der Waals surface area contributed by atoms with E-state index < -0.39 is 41.2 Å². The van der Waals surface area contributed by atoms with Crippen molar-refractivity contribution in [3.05, 3.63) is 62.3 Å². The molecule has 2 aromatic rings. The Hall–Kier alpha value is -3.69. The molecule has 0 saturated carbocycles. The number of nitrogens with one attached hydrogen (secondary N) is 1. The summed E-state index contributed by atoms with van der Waals surface area (Å²) in [5.41, 5.74) is 4.78. The van der Waals surface area contributed by atoms with Crippen molar-refractivity contribution >= 4 is 23.5 Å². The molecule has 0 aliphatic heterocycles. The van der Waals surface area contributed by atoms with Crippen LogP contribution in [0.2, 0.25) is 0 Å². The first-order chi connectivity index (χ1) is 15.0. The molecule has 0 radical (unpaired) electrons. The van der Waals surface area contributed by atoms with E-state index in [1.54, 1.807) is 30.3 Å². The van der Waals surface area contributed by atoms with E-state index in [0.717, 1.165) is 9.13 Å². The minimum absolute atomic E-state index is 0.0389. The number of ether oxygens (including phenoxy) is 1. The van der Waals surface area contributed by atoms with Crippen LogP contribution in [0.15, 0.2) is 39.9 Å². The van der Waals surface area contributed by atoms with E-state index in [2.05, 4.69) is 5.32 Å². The van der Waals surface area contributed by atoms with Gasteiger partial charge in [0.15, 0.2) is 6.61 Å². The van der Waals surface area contributed by atoms with Crippen LogP contribution in [0, 0.1) is 5.92 Å². The summed E-state index contributed by atoms with van der Waals surface area (Å²) < 4.78 is 7.02. The molecule has 32 heavy (non-hydrogen) atoms. The van der Waals surface area contributed by atoms with Crippen LogP contribution in [-0.4, -0.2) is 33.4 Å². The molecule has 1 amide bonds. The van der Waals surface area contributed by atoms with Gasteiger partial charge in [0.25, 0.3) is 5.56 Å². The fraction of sp³-hybridized carbons (Fsp3) is 0.409. The molecule has 0 aliphatic carbocycles. The van der Waals surface area contributed by atoms with Crippen LogP contribution in [0.5, 0.6) is 0 Å². The van der Waals surface area contributed by atoms with Crippen LogP contribution < -0.4 is 22.3 Å². The highest BCUT2D eigenvalue weighted by Crippen LogP contribution is 2.17. The number of hydrogen-bond donors (Lipinski definition) is 2. The molecule has 10 nitrogen and oxygen atoms in total. The molecule has 172 valence electrons. The molecule has 1 aromatic heterocycles. The van der Waals surface area contributed by atoms with Crippen molar-refractivity contribution < 1.29 is 19.1 Å². The van der Waals surface area contributed by atoms with Gasteiger partial charge in [0.05, 0.1) is 12.5 Å². The average molecular weight is 444 g/mol. The minimum Gasteiger partial charge on any atom is -0.457 e. The lowest BCUT2D eigenvalue weighted by atomic mass is 10.0. The van der Waals surface area contributed by atoms with Crippen molar-refractivity contribution in [3.8, 4) is 0 Å². The van der Waals surface area contributed by atoms with Gasteiger partial charge in [0.1, 0.15) is 11.4 Å². The third kappa shape index (κ3) is 5.93. The number of rotatable bonds is 9. The maximum atomic E-state index is 12.7. The zero-order chi connectivity index (χ0) is 24.0. The second kappa shape index (κ2) is 10.6. The Bertz CT molecular complexity index is 1120. The smallest absolute Gasteiger partial charge is 0.332 e. The van der Waals surface area contributed by atoms with Crippen molar-refractivity contribution in [1.29, 1.82) is 0 Å². The number of Topliss-reactive ketones (excluding diaryl/α,β-unsaturated/α-hetero) is 1. The lowest BCUT2D eigenvalue weighted by molar-refractivity contribution is -0.143. The number of carbonyl (C=O) groups is 3. The summed E-state index contributed by atoms with van der Waals surface area (Å²) in [4.78, 5) is 61.4. The number of nitrogens with two attached hydrogens (primary N) is 1. The Balaban J connectivity index is 2.19. The van der Waals surface area contributed by atoms with E-state index in [0.29, 0.717) is 5.56 Å². The van der Waals surface area contributed by atoms with Crippen molar-refractivity contribution in [2.75, 3.05) is 12.3 Å². The minimum atomic E-state index is -0.853. The first-order valence-corrected chi connectivity index (χ1v) is 10.1. The molecule has 1 heterocycles. The van der Waals surface area contributed by atoms with Gasteiger partial charge in [-0.2, -0.15) is 0 Å². The van der Waals surface area contributed by atoms with E-state index in [4.69, 9.17) is 10.5 Å². The first kappa shape index (κ1) is 24.6. The number of benzene rings is 1. The summed E-state index contributed by atoms with van der Waals surface area (Å²) in [6.45, 7) is 4.54. The summed E-state index contributed by atoms with van der Waals surface area (Å²) >= 11 is 0. The highest BCUT2D eigenvalue weighted by atomic mass is 16.5. The highest BCUT2D eigenvalue weighted by molar-refractivity contribution is 6.01. The number of esters is 1. The van der Waals surface area contributed by atoms with Crippen molar-refractivity contribution in [1.82, 2.24) is 14.5 Å². The molecular formula is C22H28N4O6. The third-order valence-corrected chi connectivity index (χ3v) is 4.72. The van der Waals surface area contributed by atoms with Gasteiger partial charge < -0.3 is 15.8 Å². The standard InChI is InChI=1S/C22H28N4O6/c1-13(2)11-26-20(23)19(21(30)25(4)22(26)31)17(28)12-32-18(29)10-16(24-14(3)27)15-8-6-5-7-9-15/h5-9,13,16H,10-12,23H2,1-4H3,(H,24,27)/t16-/m1/s1. The van der Waals surface area contributed by atoms with Gasteiger partial charge in [-0.25, -0.2) is 4.79 Å². The summed E-state index contributed by atoms with van der Waals surface area (Å²) in [7, 11) is 1.25. The van der Waals surface area contributed by atoms with Crippen LogP contribution >= 0.6 is 0 Å². The molecular weight excluding hydrogens is 416 g/mol. The Morgan fingerprint density at radius 2 is 1.75 bits per heavy atom. The number of nitrogen functional groups attached to an aromatic ring is 1. The Kier molecular flexibility index (Phi) is 8.11. The Morgan fingerprint density at radius 1 is 1.12 bits per heavy atom. The summed E-state index contributed by atoms with van der Waals surface area (Å²) in [5, 5.41) is 2.67. The number of ketones is 1. The predicted octanol–water partition coefficient (Wildman–Crippen LogP) is 0.779. The van der Waals surface area contributed by atoms with Gasteiger partial charge >= 0.3 is 11.7 Å². The average Bonchev–Trinajstić information content (AvgIpc) is 2.73. The molecule has 0 fully saturated rings. The Morgan fingerprint density at radius 3 is 2.31 bits per heavy atom. The van der Waals surface area contributed by atoms with E-state index in [9.17, 15) is 24.0 Å². The van der Waals surface area contributed by atoms with Crippen molar-refractivity contribution in [2.45, 2.75) is 39.8 Å². The lowest BCUT2D eigenvalue weighted by Gasteiger charge is -2.18. The second-order valence-corrected chi connectivity index (χ2v) is 7.86. The number of carbonyl (C=O) groups excluding carboxylic acids is 3. The zero-order valence-electron chi connectivity index (χ0n) is 18.6. The van der Waals surface area contributed by atoms with Crippen molar-refractivity contribution in [3.63, 3.8) is 0 Å². The predicted molar refractivity (Wildman–Crippen MR) is 118 cm³/mol. The number of nitrogens with zero attached hydrogens (tertiary/aromatic N) is 2. The van der Waals surface area contributed by atoms with E-state index in [1.165, 1.54) is 14.0 Å². The molecule has 0 unspecified atom stereocenters. The van der Waals surface area contributed by atoms with E-state index >= 15 is 0 Å². The van der Waals surface area contributed by atoms with Crippen LogP contribution in [0.4, 0.5) is 5.82 Å². The fourth-order valence-corrected chi connectivity index (χ4v) is 3.21. The van der Waals surface area contributed by atoms with E-state index in [-0.39, 0.29) is 30.6 Å². The Labute approximate surface area is 185 Å². The number of hydrogen-bond acceptors (Lipinski definition) is 7. The second-order valence-electron chi connectivity index (χ2n) is 7.86. The lowest BCUT2D eigenvalue weighted by Crippen LogP contribution is -2.43. The summed E-state index contributed by atoms with van der Waals surface area (Å²) in [5.74, 6) is -2.10. The van der Waals surface area contributed by atoms with Crippen LogP contribution in [0.3, 0.4) is 0 Å². The molecule has 1 aromatic carbocycles. The monoisotopic (exact) mass is 444 g/mol. The topological polar surface area (TPSA) is 142 Å². The van der Waals surface area contributed by atoms with Crippen LogP contribution in [0.25, 0.3) is 0 Å². The zero-order valence-corrected chi connectivity index (χ0v) is 18.6. The highest BCUT2D eigenvalue weighted by Gasteiger charge is 2.24. The van der Waals surface area contributed by atoms with Crippen LogP contribution in [0.1, 0.15) is 49.2 Å². The first-order valence-electron chi connectivity index (χ1n) is 10.1. The van der Waals surface area contributed by atoms with Gasteiger partial charge in [0, 0.05) is 20.5 Å². The van der Waals surface area contributed by atoms with Gasteiger partial charge in [0.2, 0.25) is 11.7 Å². The number of amides is 1. The maximum Gasteiger partial charge on any atom is 0.332 e. The summed E-state index contributed by atoms with van der Waals surface area (Å²) in [6.07, 6.45) is -0.211. The summed E-state index contributed by atoms with van der Waals surface area (Å²) in [6, 6.07) is 8.20. The fourth-order valence-electron chi connectivity index (χ4n) is 3.21. The third-order valence-electron chi connectivity index (χ3n) is 4.72. The quantitative estimate of drug-likeness (QED) is 0.430. The van der Waals surface area contributed by atoms with Gasteiger partial charge in [-0.3, -0.25) is 28.3 Å².